The van der Waals surface area contributed by atoms with Crippen molar-refractivity contribution >= 4 is 46.0 Å². The number of amidine groups is 1. The van der Waals surface area contributed by atoms with Gasteiger partial charge in [0.2, 0.25) is 0 Å². The number of amides is 1. The molecule has 1 aliphatic rings. The highest BCUT2D eigenvalue weighted by molar-refractivity contribution is 8.13. The molecule has 0 aliphatic carbocycles. The lowest BCUT2D eigenvalue weighted by atomic mass is 9.97. The Kier molecular flexibility index (Phi) is 6.34. The van der Waals surface area contributed by atoms with Crippen LogP contribution in [0.25, 0.3) is 0 Å². The topological polar surface area (TPSA) is 101 Å². The lowest BCUT2D eigenvalue weighted by Gasteiger charge is -2.23. The van der Waals surface area contributed by atoms with E-state index in [4.69, 9.17) is 0 Å². The molecule has 0 spiro atoms. The predicted octanol–water partition coefficient (Wildman–Crippen LogP) is 5.08. The third-order valence-electron chi connectivity index (χ3n) is 4.89. The summed E-state index contributed by atoms with van der Waals surface area (Å²) in [4.78, 5) is 34.1. The van der Waals surface area contributed by atoms with Gasteiger partial charge in [0.05, 0.1) is 16.3 Å². The standard InChI is InChI=1S/C22H18FN5O3S2/c1-22(20(29)27(21(25-22)32-2)26-15-6-4-3-5-7-15)18-13-12-17(28(30)31)19(24-18)33-16-10-8-14(23)9-11-16/h3-13,26H,1-2H3. The summed E-state index contributed by atoms with van der Waals surface area (Å²) in [7, 11) is 0. The number of nitro groups is 1. The van der Waals surface area contributed by atoms with Gasteiger partial charge in [-0.15, -0.1) is 0 Å². The number of hydrogen-bond acceptors (Lipinski definition) is 8. The minimum atomic E-state index is -1.38. The summed E-state index contributed by atoms with van der Waals surface area (Å²) < 4.78 is 13.3. The molecule has 33 heavy (non-hydrogen) atoms. The maximum Gasteiger partial charge on any atom is 0.301 e. The largest absolute Gasteiger partial charge is 0.301 e. The molecule has 8 nitrogen and oxygen atoms in total. The molecule has 2 aromatic carbocycles. The molecule has 1 amide bonds. The molecule has 3 aromatic rings. The van der Waals surface area contributed by atoms with Crippen LogP contribution in [0.15, 0.2) is 81.6 Å². The zero-order valence-corrected chi connectivity index (χ0v) is 19.2. The molecule has 2 heterocycles. The van der Waals surface area contributed by atoms with Gasteiger partial charge in [0.15, 0.2) is 15.7 Å². The van der Waals surface area contributed by atoms with Crippen molar-refractivity contribution in [2.75, 3.05) is 11.7 Å². The van der Waals surface area contributed by atoms with E-state index in [1.54, 1.807) is 13.2 Å². The van der Waals surface area contributed by atoms with Crippen LogP contribution in [0, 0.1) is 15.9 Å². The summed E-state index contributed by atoms with van der Waals surface area (Å²) in [5, 5.41) is 13.5. The summed E-state index contributed by atoms with van der Waals surface area (Å²) >= 11 is 2.31. The molecule has 0 fully saturated rings. The Morgan fingerprint density at radius 2 is 1.79 bits per heavy atom. The molecule has 168 valence electrons. The first-order chi connectivity index (χ1) is 15.8. The monoisotopic (exact) mass is 483 g/mol. The van der Waals surface area contributed by atoms with Crippen LogP contribution in [-0.2, 0) is 10.3 Å². The predicted molar refractivity (Wildman–Crippen MR) is 127 cm³/mol. The second kappa shape index (κ2) is 9.20. The number of benzene rings is 2. The highest BCUT2D eigenvalue weighted by Crippen LogP contribution is 2.39. The van der Waals surface area contributed by atoms with E-state index in [-0.39, 0.29) is 22.3 Å². The lowest BCUT2D eigenvalue weighted by Crippen LogP contribution is -2.42. The molecule has 0 saturated heterocycles. The molecule has 0 radical (unpaired) electrons. The first-order valence-corrected chi connectivity index (χ1v) is 11.8. The van der Waals surface area contributed by atoms with E-state index in [1.807, 2.05) is 30.3 Å². The van der Waals surface area contributed by atoms with Crippen LogP contribution in [-0.4, -0.2) is 32.2 Å². The number of hydrazine groups is 1. The van der Waals surface area contributed by atoms with Crippen LogP contribution >= 0.6 is 23.5 Å². The Labute approximate surface area is 197 Å². The number of para-hydroxylation sites is 1. The molecule has 4 rings (SSSR count). The fourth-order valence-corrected chi connectivity index (χ4v) is 4.64. The second-order valence-corrected chi connectivity index (χ2v) is 8.96. The van der Waals surface area contributed by atoms with Gasteiger partial charge in [-0.05, 0) is 55.6 Å². The van der Waals surface area contributed by atoms with Gasteiger partial charge in [0.25, 0.3) is 5.91 Å². The van der Waals surface area contributed by atoms with E-state index < -0.39 is 16.3 Å². The van der Waals surface area contributed by atoms with E-state index in [2.05, 4.69) is 15.4 Å². The third kappa shape index (κ3) is 4.55. The number of anilines is 1. The number of aliphatic imine (C=N–C) groups is 1. The van der Waals surface area contributed by atoms with Crippen LogP contribution in [0.2, 0.25) is 0 Å². The van der Waals surface area contributed by atoms with Crippen molar-refractivity contribution in [2.45, 2.75) is 22.4 Å². The number of nitrogens with zero attached hydrogens (tertiary/aromatic N) is 4. The van der Waals surface area contributed by atoms with E-state index in [0.717, 1.165) is 11.8 Å². The number of carbonyl (C=O) groups excluding carboxylic acids is 1. The Hall–Kier alpha value is -3.44. The van der Waals surface area contributed by atoms with Crippen LogP contribution in [0.4, 0.5) is 15.8 Å². The van der Waals surface area contributed by atoms with Crippen LogP contribution in [0.3, 0.4) is 0 Å². The van der Waals surface area contributed by atoms with Gasteiger partial charge in [-0.25, -0.2) is 14.4 Å². The maximum atomic E-state index is 13.4. The van der Waals surface area contributed by atoms with E-state index in [9.17, 15) is 19.3 Å². The number of rotatable bonds is 6. The molecule has 1 N–H and O–H groups in total. The minimum absolute atomic E-state index is 0.0912. The zero-order valence-electron chi connectivity index (χ0n) is 17.6. The molecule has 0 saturated carbocycles. The van der Waals surface area contributed by atoms with Gasteiger partial charge in [0.1, 0.15) is 5.82 Å². The Morgan fingerprint density at radius 1 is 1.09 bits per heavy atom. The molecular weight excluding hydrogens is 465 g/mol. The van der Waals surface area contributed by atoms with Crippen molar-refractivity contribution in [2.24, 2.45) is 4.99 Å². The second-order valence-electron chi connectivity index (χ2n) is 7.12. The fraction of sp³-hybridized carbons (Fsp3) is 0.136. The number of pyridine rings is 1. The molecule has 11 heteroatoms. The first kappa shape index (κ1) is 22.7. The Bertz CT molecular complexity index is 1240. The average Bonchev–Trinajstić information content (AvgIpc) is 3.06. The SMILES string of the molecule is CSC1=NC(C)(c2ccc([N+](=O)[O-])c(Sc3ccc(F)cc3)n2)C(=O)N1Nc1ccccc1. The molecule has 0 bridgehead atoms. The summed E-state index contributed by atoms with van der Waals surface area (Å²) in [6.07, 6.45) is 1.80. The van der Waals surface area contributed by atoms with Gasteiger partial charge in [-0.3, -0.25) is 20.3 Å². The average molecular weight is 484 g/mol. The van der Waals surface area contributed by atoms with Gasteiger partial charge in [-0.2, -0.15) is 5.01 Å². The Balaban J connectivity index is 1.71. The number of hydrogen-bond donors (Lipinski definition) is 1. The van der Waals surface area contributed by atoms with Crippen LogP contribution < -0.4 is 5.43 Å². The molecule has 1 unspecified atom stereocenters. The Morgan fingerprint density at radius 3 is 2.42 bits per heavy atom. The quantitative estimate of drug-likeness (QED) is 0.385. The normalized spacial score (nSPS) is 17.7. The van der Waals surface area contributed by atoms with Gasteiger partial charge < -0.3 is 0 Å². The number of aromatic nitrogens is 1. The summed E-state index contributed by atoms with van der Waals surface area (Å²) in [6, 6.07) is 17.5. The zero-order chi connectivity index (χ0) is 23.6. The smallest absolute Gasteiger partial charge is 0.289 e. The number of halogens is 1. The summed E-state index contributed by atoms with van der Waals surface area (Å²) in [5.41, 5.74) is 2.45. The molecule has 1 aliphatic heterocycles. The van der Waals surface area contributed by atoms with Crippen molar-refractivity contribution in [3.05, 3.63) is 88.4 Å². The van der Waals surface area contributed by atoms with Crippen molar-refractivity contribution < 1.29 is 14.1 Å². The highest BCUT2D eigenvalue weighted by atomic mass is 32.2. The van der Waals surface area contributed by atoms with Crippen molar-refractivity contribution in [3.8, 4) is 0 Å². The lowest BCUT2D eigenvalue weighted by molar-refractivity contribution is -0.388. The van der Waals surface area contributed by atoms with Crippen LogP contribution in [0.1, 0.15) is 12.6 Å². The fourth-order valence-electron chi connectivity index (χ4n) is 3.17. The number of nitrogens with one attached hydrogen (secondary N) is 1. The van der Waals surface area contributed by atoms with E-state index >= 15 is 0 Å². The first-order valence-electron chi connectivity index (χ1n) is 9.71. The van der Waals surface area contributed by atoms with Gasteiger partial charge >= 0.3 is 5.69 Å². The number of thioether (sulfide) groups is 1. The summed E-state index contributed by atoms with van der Waals surface area (Å²) in [6.45, 7) is 1.62. The maximum absolute atomic E-state index is 13.4. The molecule has 1 aromatic heterocycles. The van der Waals surface area contributed by atoms with Crippen molar-refractivity contribution in [1.82, 2.24) is 9.99 Å². The third-order valence-corrected chi connectivity index (χ3v) is 6.53. The van der Waals surface area contributed by atoms with E-state index in [0.29, 0.717) is 15.8 Å². The van der Waals surface area contributed by atoms with E-state index in [1.165, 1.54) is 53.2 Å². The van der Waals surface area contributed by atoms with Gasteiger partial charge in [-0.1, -0.05) is 41.7 Å². The number of carbonyl (C=O) groups is 1. The molecular formula is C22H18FN5O3S2. The van der Waals surface area contributed by atoms with Crippen molar-refractivity contribution in [3.63, 3.8) is 0 Å². The van der Waals surface area contributed by atoms with Crippen LogP contribution in [0.5, 0.6) is 0 Å². The minimum Gasteiger partial charge on any atom is -0.289 e. The van der Waals surface area contributed by atoms with Crippen molar-refractivity contribution in [1.29, 1.82) is 0 Å². The molecule has 1 atom stereocenters. The highest BCUT2D eigenvalue weighted by Gasteiger charge is 2.48. The van der Waals surface area contributed by atoms with Gasteiger partial charge in [0, 0.05) is 11.0 Å². The summed E-state index contributed by atoms with van der Waals surface area (Å²) in [5.74, 6) is -0.778.